The summed E-state index contributed by atoms with van der Waals surface area (Å²) in [6.45, 7) is 3.54. The molecule has 2 rings (SSSR count). The highest BCUT2D eigenvalue weighted by Gasteiger charge is 2.38. The average Bonchev–Trinajstić information content (AvgIpc) is 2.50. The molecule has 0 atom stereocenters. The Morgan fingerprint density at radius 2 is 1.69 bits per heavy atom. The quantitative estimate of drug-likeness (QED) is 0.651. The van der Waals surface area contributed by atoms with E-state index in [-0.39, 0.29) is 35.7 Å². The molecule has 8 heteroatoms. The molecule has 0 aliphatic rings. The third-order valence-electron chi connectivity index (χ3n) is 3.97. The standard InChI is InChI=1S/C18H17F3N2O2.BrH/c1-11-4-3-5-12(2)15(11)8-13(24)9-23-7-6-14(17(22)25)16(10-23)18(19,20)21;/h3-7,10H,8-9H2,1-2H3,(H-,22,25);1H. The Kier molecular flexibility index (Phi) is 7.08. The van der Waals surface area contributed by atoms with E-state index in [2.05, 4.69) is 0 Å². The number of carbonyl (C=O) groups excluding carboxylic acids is 2. The van der Waals surface area contributed by atoms with Crippen molar-refractivity contribution in [1.29, 1.82) is 0 Å². The lowest BCUT2D eigenvalue weighted by molar-refractivity contribution is -0.685. The molecule has 1 heterocycles. The van der Waals surface area contributed by atoms with Crippen LogP contribution in [0.25, 0.3) is 0 Å². The molecular formula is C18H18BrF3N2O2. The number of aromatic nitrogens is 1. The van der Waals surface area contributed by atoms with Crippen molar-refractivity contribution >= 4 is 11.7 Å². The maximum Gasteiger partial charge on any atom is 0.422 e. The van der Waals surface area contributed by atoms with Gasteiger partial charge in [0.15, 0.2) is 12.4 Å². The first-order valence-electron chi connectivity index (χ1n) is 7.56. The lowest BCUT2D eigenvalue weighted by atomic mass is 9.98. The highest BCUT2D eigenvalue weighted by atomic mass is 79.9. The number of nitrogens with zero attached hydrogens (tertiary/aromatic N) is 1. The molecule has 0 saturated heterocycles. The van der Waals surface area contributed by atoms with E-state index in [0.29, 0.717) is 0 Å². The number of rotatable bonds is 5. The summed E-state index contributed by atoms with van der Waals surface area (Å²) in [4.78, 5) is 23.4. The Hall–Kier alpha value is -2.22. The van der Waals surface area contributed by atoms with Crippen molar-refractivity contribution in [2.24, 2.45) is 5.73 Å². The second-order valence-corrected chi connectivity index (χ2v) is 5.89. The first kappa shape index (κ1) is 21.8. The number of hydrogen-bond donors (Lipinski definition) is 1. The van der Waals surface area contributed by atoms with Crippen molar-refractivity contribution in [1.82, 2.24) is 0 Å². The number of alkyl halides is 3. The van der Waals surface area contributed by atoms with Crippen molar-refractivity contribution in [3.05, 3.63) is 64.5 Å². The number of primary amides is 1. The molecule has 1 aromatic carbocycles. The molecular weight excluding hydrogens is 413 g/mol. The van der Waals surface area contributed by atoms with Crippen LogP contribution in [0.2, 0.25) is 0 Å². The van der Waals surface area contributed by atoms with E-state index < -0.39 is 23.2 Å². The minimum atomic E-state index is -4.73. The van der Waals surface area contributed by atoms with Crippen LogP contribution >= 0.6 is 0 Å². The average molecular weight is 431 g/mol. The monoisotopic (exact) mass is 430 g/mol. The van der Waals surface area contributed by atoms with Crippen LogP contribution in [0, 0.1) is 13.8 Å². The van der Waals surface area contributed by atoms with E-state index in [1.54, 1.807) is 0 Å². The van der Waals surface area contributed by atoms with Gasteiger partial charge in [0.2, 0.25) is 18.2 Å². The topological polar surface area (TPSA) is 64.0 Å². The second-order valence-electron chi connectivity index (χ2n) is 5.89. The number of Topliss-reactive ketones (excluding diaryl/α,β-unsaturated/α-hetero) is 1. The maximum absolute atomic E-state index is 13.1. The van der Waals surface area contributed by atoms with Crippen LogP contribution in [0.4, 0.5) is 13.2 Å². The van der Waals surface area contributed by atoms with Gasteiger partial charge in [0.1, 0.15) is 5.56 Å². The summed E-state index contributed by atoms with van der Waals surface area (Å²) in [5.41, 5.74) is 6.00. The van der Waals surface area contributed by atoms with Gasteiger partial charge in [0.05, 0.1) is 5.56 Å². The van der Waals surface area contributed by atoms with Gasteiger partial charge in [0, 0.05) is 12.5 Å². The van der Waals surface area contributed by atoms with Crippen molar-refractivity contribution in [3.63, 3.8) is 0 Å². The normalized spacial score (nSPS) is 11.0. The molecule has 4 nitrogen and oxygen atoms in total. The fourth-order valence-electron chi connectivity index (χ4n) is 2.66. The Balaban J connectivity index is 0.00000338. The Morgan fingerprint density at radius 1 is 1.12 bits per heavy atom. The molecule has 0 unspecified atom stereocenters. The van der Waals surface area contributed by atoms with Gasteiger partial charge in [-0.1, -0.05) is 18.2 Å². The van der Waals surface area contributed by atoms with Crippen molar-refractivity contribution in [3.8, 4) is 0 Å². The van der Waals surface area contributed by atoms with Gasteiger partial charge in [-0.2, -0.15) is 17.7 Å². The van der Waals surface area contributed by atoms with Crippen LogP contribution in [0.5, 0.6) is 0 Å². The van der Waals surface area contributed by atoms with Gasteiger partial charge in [0.25, 0.3) is 0 Å². The van der Waals surface area contributed by atoms with E-state index in [0.717, 1.165) is 33.5 Å². The summed E-state index contributed by atoms with van der Waals surface area (Å²) in [6.07, 6.45) is -2.62. The molecule has 0 spiro atoms. The number of pyridine rings is 1. The summed E-state index contributed by atoms with van der Waals surface area (Å²) in [5, 5.41) is 0. The molecule has 140 valence electrons. The number of halogens is 4. The fourth-order valence-corrected chi connectivity index (χ4v) is 2.66. The predicted octanol–water partition coefficient (Wildman–Crippen LogP) is -0.476. The predicted molar refractivity (Wildman–Crippen MR) is 84.8 cm³/mol. The molecule has 0 bridgehead atoms. The van der Waals surface area contributed by atoms with Crippen molar-refractivity contribution in [2.45, 2.75) is 33.0 Å². The van der Waals surface area contributed by atoms with E-state index >= 15 is 0 Å². The summed E-state index contributed by atoms with van der Waals surface area (Å²) in [7, 11) is 0. The summed E-state index contributed by atoms with van der Waals surface area (Å²) < 4.78 is 40.3. The van der Waals surface area contributed by atoms with E-state index in [9.17, 15) is 22.8 Å². The van der Waals surface area contributed by atoms with Crippen LogP contribution in [0.15, 0.2) is 36.7 Å². The van der Waals surface area contributed by atoms with Gasteiger partial charge in [-0.15, -0.1) is 0 Å². The minimum absolute atomic E-state index is 0. The molecule has 0 aliphatic carbocycles. The van der Waals surface area contributed by atoms with Crippen molar-refractivity contribution in [2.75, 3.05) is 0 Å². The van der Waals surface area contributed by atoms with Crippen LogP contribution in [0.1, 0.15) is 32.6 Å². The largest absolute Gasteiger partial charge is 1.00 e. The van der Waals surface area contributed by atoms with Crippen LogP contribution in [-0.4, -0.2) is 11.7 Å². The maximum atomic E-state index is 13.1. The first-order chi connectivity index (χ1) is 11.6. The third-order valence-corrected chi connectivity index (χ3v) is 3.97. The lowest BCUT2D eigenvalue weighted by Crippen LogP contribution is -3.00. The van der Waals surface area contributed by atoms with E-state index in [1.165, 1.54) is 6.20 Å². The molecule has 26 heavy (non-hydrogen) atoms. The molecule has 1 aromatic heterocycles. The second kappa shape index (κ2) is 8.44. The first-order valence-corrected chi connectivity index (χ1v) is 7.56. The van der Waals surface area contributed by atoms with Gasteiger partial charge in [-0.3, -0.25) is 9.59 Å². The fraction of sp³-hybridized carbons (Fsp3) is 0.278. The minimum Gasteiger partial charge on any atom is -1.00 e. The Morgan fingerprint density at radius 3 is 2.19 bits per heavy atom. The number of hydrogen-bond acceptors (Lipinski definition) is 2. The SMILES string of the molecule is Cc1cccc(C)c1CC(=O)C[n+]1ccc(C(N)=O)c(C(F)(F)F)c1.[Br-]. The van der Waals surface area contributed by atoms with Crippen LogP contribution in [0.3, 0.4) is 0 Å². The van der Waals surface area contributed by atoms with Crippen molar-refractivity contribution < 1.29 is 44.3 Å². The van der Waals surface area contributed by atoms with Crippen LogP contribution < -0.4 is 27.3 Å². The summed E-state index contributed by atoms with van der Waals surface area (Å²) >= 11 is 0. The number of amides is 1. The number of ketones is 1. The number of benzene rings is 1. The van der Waals surface area contributed by atoms with Gasteiger partial charge < -0.3 is 22.7 Å². The Bertz CT molecular complexity index is 815. The van der Waals surface area contributed by atoms with E-state index in [4.69, 9.17) is 5.73 Å². The molecule has 0 radical (unpaired) electrons. The number of carbonyl (C=O) groups is 2. The smallest absolute Gasteiger partial charge is 0.422 e. The van der Waals surface area contributed by atoms with E-state index in [1.807, 2.05) is 32.0 Å². The molecule has 0 aliphatic heterocycles. The molecule has 1 amide bonds. The third kappa shape index (κ3) is 5.14. The van der Waals surface area contributed by atoms with Gasteiger partial charge >= 0.3 is 6.18 Å². The zero-order valence-electron chi connectivity index (χ0n) is 14.2. The van der Waals surface area contributed by atoms with Gasteiger partial charge in [-0.05, 0) is 30.5 Å². The highest BCUT2D eigenvalue weighted by molar-refractivity contribution is 5.94. The highest BCUT2D eigenvalue weighted by Crippen LogP contribution is 2.30. The zero-order chi connectivity index (χ0) is 18.8. The number of nitrogens with two attached hydrogens (primary N) is 1. The Labute approximate surface area is 159 Å². The zero-order valence-corrected chi connectivity index (χ0v) is 15.8. The molecule has 2 aromatic rings. The molecule has 0 fully saturated rings. The van der Waals surface area contributed by atoms with Crippen LogP contribution in [-0.2, 0) is 23.9 Å². The lowest BCUT2D eigenvalue weighted by Gasteiger charge is -2.10. The molecule has 2 N–H and O–H groups in total. The summed E-state index contributed by atoms with van der Waals surface area (Å²) in [5.74, 6) is -1.40. The van der Waals surface area contributed by atoms with Gasteiger partial charge in [-0.25, -0.2) is 0 Å². The summed E-state index contributed by atoms with van der Waals surface area (Å²) in [6, 6.07) is 6.63. The molecule has 0 saturated carbocycles. The number of aryl methyl sites for hydroxylation is 2.